The summed E-state index contributed by atoms with van der Waals surface area (Å²) in [5, 5.41) is 9.78. The normalized spacial score (nSPS) is 11.7. The van der Waals surface area contributed by atoms with E-state index >= 15 is 0 Å². The Morgan fingerprint density at radius 2 is 1.83 bits per heavy atom. The number of esters is 1. The summed E-state index contributed by atoms with van der Waals surface area (Å²) in [4.78, 5) is 25.4. The Kier molecular flexibility index (Phi) is 5.17. The van der Waals surface area contributed by atoms with Gasteiger partial charge in [0.05, 0.1) is 11.9 Å². The van der Waals surface area contributed by atoms with Gasteiger partial charge in [-0.05, 0) is 63.6 Å². The lowest BCUT2D eigenvalue weighted by Crippen LogP contribution is -2.25. The Bertz CT molecular complexity index is 1130. The molecule has 0 saturated carbocycles. The van der Waals surface area contributed by atoms with E-state index in [0.717, 1.165) is 12.1 Å². The Hall–Kier alpha value is -3.22. The molecular weight excluding hydrogens is 380 g/mol. The monoisotopic (exact) mass is 401 g/mol. The Morgan fingerprint density at radius 3 is 2.45 bits per heavy atom. The molecule has 0 aliphatic rings. The van der Waals surface area contributed by atoms with Crippen molar-refractivity contribution in [2.45, 2.75) is 39.7 Å². The van der Waals surface area contributed by atoms with E-state index in [0.29, 0.717) is 5.69 Å². The zero-order valence-electron chi connectivity index (χ0n) is 16.5. The van der Waals surface area contributed by atoms with Crippen LogP contribution in [0.1, 0.15) is 42.4 Å². The zero-order chi connectivity index (χ0) is 21.5. The molecule has 29 heavy (non-hydrogen) atoms. The highest BCUT2D eigenvalue weighted by molar-refractivity contribution is 6.05. The van der Waals surface area contributed by atoms with Crippen molar-refractivity contribution in [1.82, 2.24) is 4.57 Å². The molecule has 5 nitrogen and oxygen atoms in total. The highest BCUT2D eigenvalue weighted by atomic mass is 19.1. The maximum Gasteiger partial charge on any atom is 0.310 e. The number of rotatable bonds is 3. The van der Waals surface area contributed by atoms with E-state index < -0.39 is 34.9 Å². The van der Waals surface area contributed by atoms with Crippen LogP contribution in [-0.2, 0) is 16.0 Å². The van der Waals surface area contributed by atoms with Gasteiger partial charge in [-0.3, -0.25) is 14.2 Å². The lowest BCUT2D eigenvalue weighted by Gasteiger charge is -2.19. The number of phenolic OH excluding ortho intramolecular Hbond substituents is 1. The minimum atomic E-state index is -0.935. The van der Waals surface area contributed by atoms with Gasteiger partial charge >= 0.3 is 5.97 Å². The number of ether oxygens (including phenoxy) is 1. The van der Waals surface area contributed by atoms with Crippen LogP contribution in [0, 0.1) is 18.6 Å². The van der Waals surface area contributed by atoms with Gasteiger partial charge in [-0.2, -0.15) is 0 Å². The summed E-state index contributed by atoms with van der Waals surface area (Å²) >= 11 is 0. The van der Waals surface area contributed by atoms with E-state index in [-0.39, 0.29) is 28.5 Å². The van der Waals surface area contributed by atoms with Crippen LogP contribution < -0.4 is 0 Å². The molecular formula is C22H21F2NO4. The fraction of sp³-hybridized carbons (Fsp3) is 0.273. The number of carbonyl (C=O) groups is 2. The van der Waals surface area contributed by atoms with Crippen LogP contribution in [0.5, 0.6) is 5.75 Å². The lowest BCUT2D eigenvalue weighted by molar-refractivity contribution is -0.153. The fourth-order valence-corrected chi connectivity index (χ4v) is 3.28. The van der Waals surface area contributed by atoms with E-state index in [1.165, 1.54) is 28.8 Å². The maximum atomic E-state index is 14.8. The third-order valence-corrected chi connectivity index (χ3v) is 4.43. The highest BCUT2D eigenvalue weighted by Gasteiger charge is 2.26. The van der Waals surface area contributed by atoms with Gasteiger partial charge in [0.2, 0.25) is 0 Å². The number of aromatic hydroxyl groups is 1. The third kappa shape index (κ3) is 3.99. The number of carbonyl (C=O) groups excluding carboxylic acids is 2. The van der Waals surface area contributed by atoms with Crippen LogP contribution in [0.25, 0.3) is 10.9 Å². The summed E-state index contributed by atoms with van der Waals surface area (Å²) in [6.07, 6.45) is -0.288. The number of hydrogen-bond acceptors (Lipinski definition) is 4. The van der Waals surface area contributed by atoms with E-state index in [9.17, 15) is 23.5 Å². The molecule has 3 rings (SSSR count). The van der Waals surface area contributed by atoms with E-state index in [1.807, 2.05) is 0 Å². The number of benzene rings is 2. The minimum absolute atomic E-state index is 0.0434. The van der Waals surface area contributed by atoms with E-state index in [2.05, 4.69) is 0 Å². The average Bonchev–Trinajstić information content (AvgIpc) is 2.88. The van der Waals surface area contributed by atoms with Crippen LogP contribution >= 0.6 is 0 Å². The molecule has 3 aromatic rings. The van der Waals surface area contributed by atoms with Crippen LogP contribution in [0.3, 0.4) is 0 Å². The number of nitrogens with zero attached hydrogens (tertiary/aromatic N) is 1. The molecule has 1 heterocycles. The lowest BCUT2D eigenvalue weighted by atomic mass is 10.1. The predicted octanol–water partition coefficient (Wildman–Crippen LogP) is 4.51. The Labute approximate surface area is 166 Å². The smallest absolute Gasteiger partial charge is 0.310 e. The quantitative estimate of drug-likeness (QED) is 0.656. The summed E-state index contributed by atoms with van der Waals surface area (Å²) in [5.74, 6) is -3.29. The second-order valence-electron chi connectivity index (χ2n) is 7.77. The fourth-order valence-electron chi connectivity index (χ4n) is 3.28. The second-order valence-corrected chi connectivity index (χ2v) is 7.77. The zero-order valence-corrected chi connectivity index (χ0v) is 16.5. The van der Waals surface area contributed by atoms with Gasteiger partial charge in [0.25, 0.3) is 5.91 Å². The SMILES string of the molecule is Cc1c(CC(=O)OC(C)(C)C)c2c(F)c(O)ccc2n1C(=O)c1cccc(F)c1. The summed E-state index contributed by atoms with van der Waals surface area (Å²) < 4.78 is 34.9. The molecule has 0 spiro atoms. The van der Waals surface area contributed by atoms with E-state index in [4.69, 9.17) is 4.74 Å². The Balaban J connectivity index is 2.19. The minimum Gasteiger partial charge on any atom is -0.505 e. The molecule has 0 aliphatic heterocycles. The van der Waals surface area contributed by atoms with Crippen molar-refractivity contribution in [3.63, 3.8) is 0 Å². The third-order valence-electron chi connectivity index (χ3n) is 4.43. The van der Waals surface area contributed by atoms with Gasteiger partial charge < -0.3 is 9.84 Å². The first-order chi connectivity index (χ1) is 13.5. The van der Waals surface area contributed by atoms with Crippen molar-refractivity contribution in [2.75, 3.05) is 0 Å². The maximum absolute atomic E-state index is 14.8. The second kappa shape index (κ2) is 7.31. The topological polar surface area (TPSA) is 68.5 Å². The van der Waals surface area contributed by atoms with Crippen LogP contribution in [0.15, 0.2) is 36.4 Å². The standard InChI is InChI=1S/C22H21F2NO4/c1-12-15(11-18(27)29-22(2,3)4)19-16(8-9-17(26)20(19)24)25(12)21(28)13-6-5-7-14(23)10-13/h5-10,26H,11H2,1-4H3. The van der Waals surface area contributed by atoms with Crippen molar-refractivity contribution >= 4 is 22.8 Å². The molecule has 152 valence electrons. The van der Waals surface area contributed by atoms with Gasteiger partial charge in [0.15, 0.2) is 11.6 Å². The first-order valence-electron chi connectivity index (χ1n) is 9.03. The first-order valence-corrected chi connectivity index (χ1v) is 9.03. The largest absolute Gasteiger partial charge is 0.505 e. The predicted molar refractivity (Wildman–Crippen MR) is 104 cm³/mol. The molecule has 0 atom stereocenters. The average molecular weight is 401 g/mol. The van der Waals surface area contributed by atoms with Crippen LogP contribution in [0.4, 0.5) is 8.78 Å². The summed E-state index contributed by atoms with van der Waals surface area (Å²) in [6.45, 7) is 6.69. The number of halogens is 2. The molecule has 0 bridgehead atoms. The molecule has 0 fully saturated rings. The molecule has 2 aromatic carbocycles. The molecule has 0 radical (unpaired) electrons. The Morgan fingerprint density at radius 1 is 1.14 bits per heavy atom. The van der Waals surface area contributed by atoms with Crippen LogP contribution in [-0.4, -0.2) is 27.2 Å². The van der Waals surface area contributed by atoms with Crippen molar-refractivity contribution in [1.29, 1.82) is 0 Å². The molecule has 0 unspecified atom stereocenters. The molecule has 1 N–H and O–H groups in total. The number of fused-ring (bicyclic) bond motifs is 1. The number of phenols is 1. The summed E-state index contributed by atoms with van der Waals surface area (Å²) in [6, 6.07) is 7.65. The summed E-state index contributed by atoms with van der Waals surface area (Å²) in [5.41, 5.74) is 0.0477. The van der Waals surface area contributed by atoms with E-state index in [1.54, 1.807) is 27.7 Å². The van der Waals surface area contributed by atoms with Gasteiger partial charge in [0, 0.05) is 16.6 Å². The van der Waals surface area contributed by atoms with Crippen molar-refractivity contribution < 1.29 is 28.2 Å². The van der Waals surface area contributed by atoms with Gasteiger partial charge in [-0.15, -0.1) is 0 Å². The molecule has 7 heteroatoms. The molecule has 0 aliphatic carbocycles. The number of aromatic nitrogens is 1. The van der Waals surface area contributed by atoms with Crippen molar-refractivity contribution in [3.8, 4) is 5.75 Å². The van der Waals surface area contributed by atoms with Crippen molar-refractivity contribution in [3.05, 3.63) is 64.9 Å². The number of hydrogen-bond donors (Lipinski definition) is 1. The molecule has 1 aromatic heterocycles. The summed E-state index contributed by atoms with van der Waals surface area (Å²) in [7, 11) is 0. The van der Waals surface area contributed by atoms with Gasteiger partial charge in [-0.25, -0.2) is 8.78 Å². The van der Waals surface area contributed by atoms with Gasteiger partial charge in [-0.1, -0.05) is 6.07 Å². The van der Waals surface area contributed by atoms with Crippen LogP contribution in [0.2, 0.25) is 0 Å². The van der Waals surface area contributed by atoms with Crippen molar-refractivity contribution in [2.24, 2.45) is 0 Å². The first kappa shape index (κ1) is 20.5. The molecule has 0 amide bonds. The highest BCUT2D eigenvalue weighted by Crippen LogP contribution is 2.34. The molecule has 0 saturated heterocycles. The van der Waals surface area contributed by atoms with Gasteiger partial charge in [0.1, 0.15) is 11.4 Å².